The van der Waals surface area contributed by atoms with Crippen LogP contribution < -0.4 is 4.74 Å². The average Bonchev–Trinajstić information content (AvgIpc) is 3.26. The van der Waals surface area contributed by atoms with E-state index in [0.717, 1.165) is 22.9 Å². The van der Waals surface area contributed by atoms with Gasteiger partial charge < -0.3 is 47.4 Å². The van der Waals surface area contributed by atoms with E-state index in [1.807, 2.05) is 82.3 Å². The van der Waals surface area contributed by atoms with Gasteiger partial charge in [0, 0.05) is 66.2 Å². The van der Waals surface area contributed by atoms with Crippen LogP contribution in [-0.2, 0) is 75.0 Å². The summed E-state index contributed by atoms with van der Waals surface area (Å²) in [4.78, 5) is 50.9. The van der Waals surface area contributed by atoms with Crippen LogP contribution >= 0.6 is 0 Å². The maximum Gasteiger partial charge on any atom is 0.330 e. The third-order valence-corrected chi connectivity index (χ3v) is 12.7. The van der Waals surface area contributed by atoms with Crippen molar-refractivity contribution in [2.45, 2.75) is 136 Å². The molecule has 0 saturated carbocycles. The highest BCUT2D eigenvalue weighted by molar-refractivity contribution is 6.76. The van der Waals surface area contributed by atoms with Crippen LogP contribution in [0.15, 0.2) is 78.4 Å². The zero-order valence-electron chi connectivity index (χ0n) is 40.3. The second-order valence-corrected chi connectivity index (χ2v) is 23.7. The summed E-state index contributed by atoms with van der Waals surface area (Å²) in [6, 6.07) is 18.5. The number of esters is 4. The van der Waals surface area contributed by atoms with Gasteiger partial charge in [-0.25, -0.2) is 9.59 Å². The third-order valence-electron chi connectivity index (χ3n) is 11.0. The summed E-state index contributed by atoms with van der Waals surface area (Å²) in [5.41, 5.74) is 0.995. The summed E-state index contributed by atoms with van der Waals surface area (Å²) < 4.78 is 58.1. The maximum absolute atomic E-state index is 13.2. The molecule has 1 unspecified atom stereocenters. The second-order valence-electron chi connectivity index (χ2n) is 18.0. The van der Waals surface area contributed by atoms with Crippen LogP contribution in [0, 0.1) is 11.8 Å². The number of carbonyl (C=O) groups is 4. The molecular formula is C50H74O14Si. The Labute approximate surface area is 387 Å². The maximum atomic E-state index is 13.2. The van der Waals surface area contributed by atoms with Crippen molar-refractivity contribution in [3.05, 3.63) is 89.5 Å². The van der Waals surface area contributed by atoms with Crippen LogP contribution in [0.1, 0.15) is 77.8 Å². The molecular weight excluding hydrogens is 853 g/mol. The molecule has 0 bridgehead atoms. The van der Waals surface area contributed by atoms with Gasteiger partial charge in [-0.05, 0) is 72.6 Å². The van der Waals surface area contributed by atoms with Crippen molar-refractivity contribution in [3.63, 3.8) is 0 Å². The van der Waals surface area contributed by atoms with E-state index in [-0.39, 0.29) is 50.7 Å². The average molecular weight is 927 g/mol. The van der Waals surface area contributed by atoms with E-state index in [1.54, 1.807) is 13.2 Å². The van der Waals surface area contributed by atoms with E-state index >= 15 is 0 Å². The van der Waals surface area contributed by atoms with Gasteiger partial charge in [0.2, 0.25) is 0 Å². The summed E-state index contributed by atoms with van der Waals surface area (Å²) >= 11 is 0. The Bertz CT molecular complexity index is 1790. The molecule has 1 heterocycles. The minimum Gasteiger partial charge on any atom is -0.497 e. The van der Waals surface area contributed by atoms with Gasteiger partial charge in [0.25, 0.3) is 0 Å². The molecule has 1 aliphatic heterocycles. The van der Waals surface area contributed by atoms with E-state index in [1.165, 1.54) is 26.2 Å². The van der Waals surface area contributed by atoms with Crippen molar-refractivity contribution in [1.82, 2.24) is 0 Å². The number of hydrogen-bond acceptors (Lipinski definition) is 14. The smallest absolute Gasteiger partial charge is 0.330 e. The van der Waals surface area contributed by atoms with Gasteiger partial charge in [-0.2, -0.15) is 0 Å². The minimum atomic E-state index is -1.41. The van der Waals surface area contributed by atoms with Crippen LogP contribution in [-0.4, -0.2) is 109 Å². The SMILES string of the molecule is COC(=O)/C=C1\C[C@@H](C[C@@H](OCc2ccc(OC)cc2)C(C)OCc2ccccc2)O[C@@](/C=C/C(=O)OCCCOCC[C@@H](C)CC(=O)OCOCC[Si](C)(C)C)(C(C)C)[C@H]1OC(C)=O. The number of rotatable bonds is 29. The summed E-state index contributed by atoms with van der Waals surface area (Å²) in [7, 11) is 1.68. The monoisotopic (exact) mass is 926 g/mol. The molecule has 1 saturated heterocycles. The van der Waals surface area contributed by atoms with E-state index in [0.29, 0.717) is 51.3 Å². The fourth-order valence-electron chi connectivity index (χ4n) is 7.07. The Balaban J connectivity index is 1.69. The first kappa shape index (κ1) is 54.9. The van der Waals surface area contributed by atoms with Crippen LogP contribution in [0.3, 0.4) is 0 Å². The van der Waals surface area contributed by atoms with Crippen molar-refractivity contribution in [1.29, 1.82) is 0 Å². The largest absolute Gasteiger partial charge is 0.497 e. The van der Waals surface area contributed by atoms with Gasteiger partial charge in [0.15, 0.2) is 12.9 Å². The topological polar surface area (TPSA) is 161 Å². The minimum absolute atomic E-state index is 0.0275. The van der Waals surface area contributed by atoms with Gasteiger partial charge in [0.1, 0.15) is 11.4 Å². The fourth-order valence-corrected chi connectivity index (χ4v) is 7.82. The molecule has 0 N–H and O–H groups in total. The molecule has 0 aliphatic carbocycles. The summed E-state index contributed by atoms with van der Waals surface area (Å²) in [5.74, 6) is -1.73. The van der Waals surface area contributed by atoms with Crippen LogP contribution in [0.5, 0.6) is 5.75 Å². The first-order valence-corrected chi connectivity index (χ1v) is 26.4. The predicted molar refractivity (Wildman–Crippen MR) is 249 cm³/mol. The Morgan fingerprint density at radius 3 is 2.17 bits per heavy atom. The zero-order valence-corrected chi connectivity index (χ0v) is 41.3. The Kier molecular flexibility index (Phi) is 24.2. The van der Waals surface area contributed by atoms with Gasteiger partial charge in [-0.3, -0.25) is 9.59 Å². The predicted octanol–water partition coefficient (Wildman–Crippen LogP) is 8.57. The lowest BCUT2D eigenvalue weighted by molar-refractivity contribution is -0.197. The van der Waals surface area contributed by atoms with Crippen LogP contribution in [0.25, 0.3) is 0 Å². The molecule has 0 amide bonds. The number of methoxy groups -OCH3 is 2. The molecule has 3 rings (SSSR count). The molecule has 362 valence electrons. The normalized spacial score (nSPS) is 19.7. The lowest BCUT2D eigenvalue weighted by atomic mass is 9.76. The molecule has 6 atom stereocenters. The highest BCUT2D eigenvalue weighted by Crippen LogP contribution is 2.43. The van der Waals surface area contributed by atoms with Gasteiger partial charge in [-0.1, -0.05) is 82.9 Å². The molecule has 2 aromatic rings. The van der Waals surface area contributed by atoms with Crippen molar-refractivity contribution >= 4 is 32.0 Å². The van der Waals surface area contributed by atoms with Crippen molar-refractivity contribution in [2.75, 3.05) is 47.4 Å². The highest BCUT2D eigenvalue weighted by Gasteiger charge is 2.51. The molecule has 0 spiro atoms. The Hall–Kier alpha value is -4.38. The number of hydrogen-bond donors (Lipinski definition) is 0. The van der Waals surface area contributed by atoms with Crippen LogP contribution in [0.4, 0.5) is 0 Å². The molecule has 1 fully saturated rings. The Morgan fingerprint density at radius 2 is 1.52 bits per heavy atom. The van der Waals surface area contributed by atoms with Gasteiger partial charge >= 0.3 is 23.9 Å². The second kappa shape index (κ2) is 28.6. The molecule has 0 radical (unpaired) electrons. The zero-order chi connectivity index (χ0) is 47.8. The number of ether oxygens (including phenoxy) is 10. The van der Waals surface area contributed by atoms with E-state index in [4.69, 9.17) is 47.4 Å². The lowest BCUT2D eigenvalue weighted by Gasteiger charge is -2.48. The third kappa shape index (κ3) is 20.8. The number of carbonyl (C=O) groups excluding carboxylic acids is 4. The number of benzene rings is 2. The first-order chi connectivity index (χ1) is 30.9. The molecule has 1 aliphatic rings. The van der Waals surface area contributed by atoms with Gasteiger partial charge in [0.05, 0.1) is 52.4 Å². The van der Waals surface area contributed by atoms with Gasteiger partial charge in [-0.15, -0.1) is 0 Å². The van der Waals surface area contributed by atoms with Crippen molar-refractivity contribution < 1.29 is 66.5 Å². The summed E-state index contributed by atoms with van der Waals surface area (Å²) in [6.07, 6.45) is 3.51. The van der Waals surface area contributed by atoms with E-state index in [2.05, 4.69) is 19.6 Å². The van der Waals surface area contributed by atoms with E-state index < -0.39 is 56.0 Å². The quantitative estimate of drug-likeness (QED) is 0.0191. The fraction of sp³-hybridized carbons (Fsp3) is 0.600. The highest BCUT2D eigenvalue weighted by atomic mass is 28.3. The van der Waals surface area contributed by atoms with Crippen molar-refractivity contribution in [3.8, 4) is 5.75 Å². The molecule has 0 aromatic heterocycles. The first-order valence-electron chi connectivity index (χ1n) is 22.6. The standard InChI is InChI=1S/C50H74O14Si/c1-36(2)50(23-21-46(52)59-25-14-24-57-26-22-37(3)29-48(54)62-35-58-27-28-65(8,9)10)49(63-39(5)51)42(31-47(53)56-7)30-44(64-50)32-45(38(4)60-33-40-15-12-11-13-16-40)61-34-41-17-19-43(55-6)20-18-41/h11-13,15-21,23,31,36-38,44-45,49H,14,22,24-30,32-35H2,1-10H3/b23-21+,42-31+/t37-,38?,44+,45-,49+,50+/m1/s1. The summed E-state index contributed by atoms with van der Waals surface area (Å²) in [5, 5.41) is 0. The lowest BCUT2D eigenvalue weighted by Crippen LogP contribution is -2.57. The molecule has 14 nitrogen and oxygen atoms in total. The summed E-state index contributed by atoms with van der Waals surface area (Å²) in [6.45, 7) is 17.8. The van der Waals surface area contributed by atoms with Crippen molar-refractivity contribution in [2.24, 2.45) is 11.8 Å². The van der Waals surface area contributed by atoms with Crippen LogP contribution in [0.2, 0.25) is 25.7 Å². The van der Waals surface area contributed by atoms with E-state index in [9.17, 15) is 19.2 Å². The Morgan fingerprint density at radius 1 is 0.831 bits per heavy atom. The molecule has 15 heteroatoms. The molecule has 2 aromatic carbocycles. The molecule has 65 heavy (non-hydrogen) atoms.